The third-order valence-electron chi connectivity index (χ3n) is 5.16. The lowest BCUT2D eigenvalue weighted by atomic mass is 10.2. The average molecular weight is 412 g/mol. The molecular weight excluding hydrogens is 388 g/mol. The number of nitrogens with zero attached hydrogens (tertiary/aromatic N) is 3. The van der Waals surface area contributed by atoms with Crippen molar-refractivity contribution < 1.29 is 9.59 Å². The van der Waals surface area contributed by atoms with Crippen LogP contribution < -0.4 is 10.2 Å². The summed E-state index contributed by atoms with van der Waals surface area (Å²) < 4.78 is 1.88. The van der Waals surface area contributed by atoms with Crippen LogP contribution in [-0.4, -0.2) is 27.9 Å². The van der Waals surface area contributed by atoms with Crippen LogP contribution >= 0.6 is 0 Å². The van der Waals surface area contributed by atoms with E-state index in [1.165, 1.54) is 0 Å². The van der Waals surface area contributed by atoms with Crippen molar-refractivity contribution in [2.45, 2.75) is 20.0 Å². The van der Waals surface area contributed by atoms with E-state index < -0.39 is 0 Å². The van der Waals surface area contributed by atoms with E-state index in [-0.39, 0.29) is 24.9 Å². The Labute approximate surface area is 181 Å². The summed E-state index contributed by atoms with van der Waals surface area (Å²) in [5.41, 5.74) is 3.10. The molecule has 4 rings (SSSR count). The monoisotopic (exact) mass is 412 g/mol. The van der Waals surface area contributed by atoms with Gasteiger partial charge in [-0.15, -0.1) is 0 Å². The fourth-order valence-corrected chi connectivity index (χ4v) is 3.62. The Bertz CT molecular complexity index is 1190. The highest BCUT2D eigenvalue weighted by molar-refractivity contribution is 5.95. The van der Waals surface area contributed by atoms with E-state index in [0.29, 0.717) is 17.9 Å². The van der Waals surface area contributed by atoms with Crippen LogP contribution in [0.1, 0.15) is 23.1 Å². The Morgan fingerprint density at radius 3 is 2.26 bits per heavy atom. The van der Waals surface area contributed by atoms with Gasteiger partial charge in [-0.2, -0.15) is 0 Å². The molecule has 1 aromatic heterocycles. The van der Waals surface area contributed by atoms with Crippen LogP contribution in [0.2, 0.25) is 0 Å². The molecule has 0 aliphatic rings. The number of fused-ring (bicyclic) bond motifs is 1. The van der Waals surface area contributed by atoms with Crippen LogP contribution in [0.15, 0.2) is 84.9 Å². The van der Waals surface area contributed by atoms with Gasteiger partial charge in [0.1, 0.15) is 12.4 Å². The zero-order valence-electron chi connectivity index (χ0n) is 17.4. The summed E-state index contributed by atoms with van der Waals surface area (Å²) in [6, 6.07) is 26.4. The molecule has 3 aromatic carbocycles. The van der Waals surface area contributed by atoms with E-state index in [4.69, 9.17) is 0 Å². The van der Waals surface area contributed by atoms with Gasteiger partial charge in [-0.3, -0.25) is 9.59 Å². The highest BCUT2D eigenvalue weighted by Crippen LogP contribution is 2.19. The van der Waals surface area contributed by atoms with Crippen LogP contribution in [0.25, 0.3) is 11.0 Å². The standard InChI is InChI=1S/C25H24N4O2/c1-2-28(20-13-7-4-8-14-20)24(30)18-29-22-16-10-9-15-21(22)27-23(29)17-26-25(31)19-11-5-3-6-12-19/h3-16H,2,17-18H2,1H3,(H,26,31). The zero-order chi connectivity index (χ0) is 21.6. The number of carbonyl (C=O) groups is 2. The fourth-order valence-electron chi connectivity index (χ4n) is 3.62. The van der Waals surface area contributed by atoms with E-state index in [1.807, 2.05) is 84.3 Å². The minimum atomic E-state index is -0.176. The second-order valence-electron chi connectivity index (χ2n) is 7.13. The number of likely N-dealkylation sites (N-methyl/N-ethyl adjacent to an activating group) is 1. The Hall–Kier alpha value is -3.93. The molecule has 6 nitrogen and oxygen atoms in total. The van der Waals surface area contributed by atoms with Crippen molar-refractivity contribution in [2.75, 3.05) is 11.4 Å². The van der Waals surface area contributed by atoms with E-state index in [1.54, 1.807) is 17.0 Å². The van der Waals surface area contributed by atoms with Crippen LogP contribution in [0.5, 0.6) is 0 Å². The molecule has 0 radical (unpaired) electrons. The Morgan fingerprint density at radius 1 is 0.903 bits per heavy atom. The van der Waals surface area contributed by atoms with Gasteiger partial charge < -0.3 is 14.8 Å². The number of hydrogen-bond acceptors (Lipinski definition) is 3. The van der Waals surface area contributed by atoms with Gasteiger partial charge in [0.15, 0.2) is 0 Å². The zero-order valence-corrected chi connectivity index (χ0v) is 17.4. The van der Waals surface area contributed by atoms with Crippen molar-refractivity contribution in [2.24, 2.45) is 0 Å². The molecule has 2 amide bonds. The molecule has 0 saturated carbocycles. The number of rotatable bonds is 7. The Morgan fingerprint density at radius 2 is 1.55 bits per heavy atom. The smallest absolute Gasteiger partial charge is 0.251 e. The first-order valence-electron chi connectivity index (χ1n) is 10.3. The number of carbonyl (C=O) groups excluding carboxylic acids is 2. The third-order valence-corrected chi connectivity index (χ3v) is 5.16. The van der Waals surface area contributed by atoms with Crippen molar-refractivity contribution in [3.05, 3.63) is 96.3 Å². The fraction of sp³-hybridized carbons (Fsp3) is 0.160. The first kappa shape index (κ1) is 20.3. The first-order chi connectivity index (χ1) is 15.2. The highest BCUT2D eigenvalue weighted by atomic mass is 16.2. The molecular formula is C25H24N4O2. The van der Waals surface area contributed by atoms with Crippen molar-refractivity contribution in [3.8, 4) is 0 Å². The second-order valence-corrected chi connectivity index (χ2v) is 7.13. The van der Waals surface area contributed by atoms with E-state index >= 15 is 0 Å². The lowest BCUT2D eigenvalue weighted by Gasteiger charge is -2.22. The van der Waals surface area contributed by atoms with Gasteiger partial charge in [0.05, 0.1) is 17.6 Å². The van der Waals surface area contributed by atoms with E-state index in [0.717, 1.165) is 16.7 Å². The first-order valence-corrected chi connectivity index (χ1v) is 10.3. The number of hydrogen-bond donors (Lipinski definition) is 1. The number of nitrogens with one attached hydrogen (secondary N) is 1. The quantitative estimate of drug-likeness (QED) is 0.499. The maximum absolute atomic E-state index is 13.2. The van der Waals surface area contributed by atoms with Crippen molar-refractivity contribution in [1.82, 2.24) is 14.9 Å². The Kier molecular flexibility index (Phi) is 6.08. The molecule has 4 aromatic rings. The van der Waals surface area contributed by atoms with Crippen molar-refractivity contribution in [1.29, 1.82) is 0 Å². The summed E-state index contributed by atoms with van der Waals surface area (Å²) in [6.07, 6.45) is 0. The maximum Gasteiger partial charge on any atom is 0.251 e. The minimum Gasteiger partial charge on any atom is -0.345 e. The van der Waals surface area contributed by atoms with Gasteiger partial charge >= 0.3 is 0 Å². The molecule has 156 valence electrons. The van der Waals surface area contributed by atoms with Gasteiger partial charge in [0.2, 0.25) is 5.91 Å². The van der Waals surface area contributed by atoms with E-state index in [9.17, 15) is 9.59 Å². The third kappa shape index (κ3) is 4.48. The van der Waals surface area contributed by atoms with Crippen LogP contribution in [-0.2, 0) is 17.9 Å². The number of anilines is 1. The Balaban J connectivity index is 1.59. The normalized spacial score (nSPS) is 10.7. The average Bonchev–Trinajstić information content (AvgIpc) is 3.16. The second kappa shape index (κ2) is 9.26. The molecule has 1 N–H and O–H groups in total. The van der Waals surface area contributed by atoms with Crippen LogP contribution in [0.3, 0.4) is 0 Å². The van der Waals surface area contributed by atoms with Crippen molar-refractivity contribution in [3.63, 3.8) is 0 Å². The summed E-state index contributed by atoms with van der Waals surface area (Å²) in [5.74, 6) is 0.431. The van der Waals surface area contributed by atoms with Gasteiger partial charge in [-0.05, 0) is 43.3 Å². The lowest BCUT2D eigenvalue weighted by Crippen LogP contribution is -2.34. The molecule has 0 bridgehead atoms. The number of para-hydroxylation sites is 3. The minimum absolute atomic E-state index is 0.0347. The van der Waals surface area contributed by atoms with Gasteiger partial charge in [0, 0.05) is 17.8 Å². The summed E-state index contributed by atoms with van der Waals surface area (Å²) in [7, 11) is 0. The summed E-state index contributed by atoms with van der Waals surface area (Å²) in [5, 5.41) is 2.92. The van der Waals surface area contributed by atoms with Crippen molar-refractivity contribution >= 4 is 28.5 Å². The molecule has 1 heterocycles. The number of aromatic nitrogens is 2. The highest BCUT2D eigenvalue weighted by Gasteiger charge is 2.19. The molecule has 0 unspecified atom stereocenters. The van der Waals surface area contributed by atoms with Gasteiger partial charge in [-0.25, -0.2) is 4.98 Å². The summed E-state index contributed by atoms with van der Waals surface area (Å²) in [4.78, 5) is 32.1. The van der Waals surface area contributed by atoms with E-state index in [2.05, 4.69) is 10.3 Å². The van der Waals surface area contributed by atoms with Gasteiger partial charge in [-0.1, -0.05) is 48.5 Å². The molecule has 6 heteroatoms. The van der Waals surface area contributed by atoms with Gasteiger partial charge in [0.25, 0.3) is 5.91 Å². The molecule has 0 spiro atoms. The predicted octanol–water partition coefficient (Wildman–Crippen LogP) is 4.02. The largest absolute Gasteiger partial charge is 0.345 e. The molecule has 0 atom stereocenters. The maximum atomic E-state index is 13.2. The topological polar surface area (TPSA) is 67.2 Å². The number of imidazole rings is 1. The lowest BCUT2D eigenvalue weighted by molar-refractivity contribution is -0.119. The molecule has 0 aliphatic carbocycles. The summed E-state index contributed by atoms with van der Waals surface area (Å²) in [6.45, 7) is 2.89. The summed E-state index contributed by atoms with van der Waals surface area (Å²) >= 11 is 0. The number of amides is 2. The SMILES string of the molecule is CCN(C(=O)Cn1c(CNC(=O)c2ccccc2)nc2ccccc21)c1ccccc1. The number of benzene rings is 3. The molecule has 0 saturated heterocycles. The van der Waals surface area contributed by atoms with Crippen LogP contribution in [0, 0.1) is 0 Å². The molecule has 31 heavy (non-hydrogen) atoms. The molecule has 0 fully saturated rings. The molecule has 0 aliphatic heterocycles. The predicted molar refractivity (Wildman–Crippen MR) is 122 cm³/mol. The van der Waals surface area contributed by atoms with Crippen LogP contribution in [0.4, 0.5) is 5.69 Å².